The van der Waals surface area contributed by atoms with E-state index >= 15 is 0 Å². The van der Waals surface area contributed by atoms with Gasteiger partial charge in [-0.1, -0.05) is 224 Å². The molecule has 20 aromatic rings. The van der Waals surface area contributed by atoms with E-state index in [4.69, 9.17) is 22.1 Å². The smallest absolute Gasteiger partial charge is 0.159 e. The largest absolute Gasteiger partial charge is 0.454 e. The molecule has 0 amide bonds. The van der Waals surface area contributed by atoms with Crippen molar-refractivity contribution in [2.24, 2.45) is 0 Å². The number of nitrogens with zero attached hydrogens (tertiary/aromatic N) is 10. The lowest BCUT2D eigenvalue weighted by Gasteiger charge is -2.33. The Labute approximate surface area is 764 Å². The van der Waals surface area contributed by atoms with Crippen molar-refractivity contribution < 1.29 is 22.1 Å². The minimum atomic E-state index is 0.113. The molecule has 5 aliphatic rings. The number of anilines is 13. The maximum Gasteiger partial charge on any atom is 0.159 e. The van der Waals surface area contributed by atoms with Gasteiger partial charge >= 0.3 is 0 Å². The highest BCUT2D eigenvalue weighted by Gasteiger charge is 2.41. The number of furan rings is 5. The van der Waals surface area contributed by atoms with Gasteiger partial charge in [0.15, 0.2) is 27.9 Å². The van der Waals surface area contributed by atoms with Crippen molar-refractivity contribution in [2.45, 2.75) is 140 Å². The molecule has 652 valence electrons. The first-order chi connectivity index (χ1) is 63.8. The standard InChI is InChI=1S/C27H22N2O.C24H24N2O.C23H20N2O.C22H20N2O.C20H22N2O/c1-18-16-17-22-21-12-6-9-15-25(21)30-27(22)26(18)29-19(2)28(20-10-4-3-5-11-20)23-13-7-8-14-24(23)29;1-15(2)25-17(4)26(21-11-7-6-10-20(21)25)23-16(3)13-14-19-18-9-5-8-12-22(18)27-24(19)23;1-16-12-13-20-19-10-6-7-11-21(19)26-23(20)22(16)25-15-14-24(17(25)2)18-8-4-3-5-9-18;1-14-12-13-17-16-8-4-7-11-20(16)25-22(17)21(14)24-15(2)23(3)18-9-5-6-10-19(18)24;1-13(2)21-11-12-22(15(21)4)19-14(3)9-10-17-16-7-5-6-8-18(16)23-20(17)19/h3-17,19H,1-2H3;5-15,17H,1-4H3;3-15,17H,1-2H3;4-13,15H,1-3H3;5-13,15H,1-4H3. The number of hydrogen-bond acceptors (Lipinski definition) is 15. The van der Waals surface area contributed by atoms with E-state index in [1.165, 1.54) is 128 Å². The zero-order valence-electron chi connectivity index (χ0n) is 76.9. The molecule has 15 aromatic carbocycles. The van der Waals surface area contributed by atoms with Crippen molar-refractivity contribution in [3.63, 3.8) is 0 Å². The van der Waals surface area contributed by atoms with Crippen molar-refractivity contribution in [1.82, 2.24) is 4.90 Å². The van der Waals surface area contributed by atoms with Crippen LogP contribution in [-0.2, 0) is 0 Å². The van der Waals surface area contributed by atoms with Gasteiger partial charge in [-0.05, 0) is 216 Å². The van der Waals surface area contributed by atoms with Gasteiger partial charge in [0.05, 0.1) is 62.6 Å². The number of fused-ring (bicyclic) bond motifs is 18. The van der Waals surface area contributed by atoms with E-state index in [1.54, 1.807) is 0 Å². The lowest BCUT2D eigenvalue weighted by molar-refractivity contribution is 0.263. The zero-order valence-corrected chi connectivity index (χ0v) is 76.9. The summed E-state index contributed by atoms with van der Waals surface area (Å²) in [5.41, 5.74) is 31.2. The Morgan fingerprint density at radius 3 is 0.885 bits per heavy atom. The van der Waals surface area contributed by atoms with Gasteiger partial charge in [0.25, 0.3) is 0 Å². The summed E-state index contributed by atoms with van der Waals surface area (Å²) in [7, 11) is 2.15. The van der Waals surface area contributed by atoms with Gasteiger partial charge < -0.3 is 71.1 Å². The molecule has 25 rings (SSSR count). The Balaban J connectivity index is 0.0000000992. The molecule has 0 aliphatic carbocycles. The van der Waals surface area contributed by atoms with Crippen LogP contribution >= 0.6 is 0 Å². The molecule has 15 heteroatoms. The van der Waals surface area contributed by atoms with Crippen molar-refractivity contribution in [3.8, 4) is 0 Å². The number of aryl methyl sites for hydroxylation is 5. The van der Waals surface area contributed by atoms with E-state index in [9.17, 15) is 0 Å². The molecular weight excluding hydrogens is 1610 g/mol. The van der Waals surface area contributed by atoms with Crippen molar-refractivity contribution in [2.75, 3.05) is 51.1 Å². The molecule has 0 radical (unpaired) electrons. The number of para-hydroxylation sites is 13. The Morgan fingerprint density at radius 2 is 0.504 bits per heavy atom. The van der Waals surface area contributed by atoms with Crippen LogP contribution in [0.2, 0.25) is 0 Å². The first kappa shape index (κ1) is 82.7. The number of rotatable bonds is 9. The molecule has 0 saturated heterocycles. The van der Waals surface area contributed by atoms with Crippen LogP contribution in [-0.4, -0.2) is 54.9 Å². The third-order valence-electron chi connectivity index (χ3n) is 27.3. The van der Waals surface area contributed by atoms with Crippen LogP contribution in [0.15, 0.2) is 362 Å². The lowest BCUT2D eigenvalue weighted by Crippen LogP contribution is -2.42. The summed E-state index contributed by atoms with van der Waals surface area (Å²) in [6.45, 7) is 31.0. The van der Waals surface area contributed by atoms with Crippen molar-refractivity contribution in [3.05, 3.63) is 368 Å². The normalized spacial score (nSPS) is 16.8. The summed E-state index contributed by atoms with van der Waals surface area (Å²) in [5.74, 6) is 0. The highest BCUT2D eigenvalue weighted by atomic mass is 16.3. The van der Waals surface area contributed by atoms with Crippen molar-refractivity contribution >= 4 is 184 Å². The molecule has 5 unspecified atom stereocenters. The average Bonchev–Trinajstić information content (AvgIpc) is 1.58. The summed E-state index contributed by atoms with van der Waals surface area (Å²) >= 11 is 0. The maximum atomic E-state index is 6.42. The van der Waals surface area contributed by atoms with Crippen LogP contribution < -0.4 is 44.1 Å². The highest BCUT2D eigenvalue weighted by molar-refractivity contribution is 6.15. The van der Waals surface area contributed by atoms with E-state index in [0.717, 1.165) is 83.7 Å². The van der Waals surface area contributed by atoms with Gasteiger partial charge in [-0.15, -0.1) is 0 Å². The van der Waals surface area contributed by atoms with Crippen LogP contribution in [0, 0.1) is 34.6 Å². The third-order valence-corrected chi connectivity index (χ3v) is 27.3. The van der Waals surface area contributed by atoms with Crippen LogP contribution in [0.1, 0.15) is 90.1 Å². The zero-order chi connectivity index (χ0) is 89.9. The lowest BCUT2D eigenvalue weighted by atomic mass is 10.1. The Bertz CT molecular complexity index is 7810. The summed E-state index contributed by atoms with van der Waals surface area (Å²) in [6.07, 6.45) is 9.66. The summed E-state index contributed by atoms with van der Waals surface area (Å²) in [6, 6.07) is 111. The fourth-order valence-corrected chi connectivity index (χ4v) is 20.9. The fraction of sp³-hybridized carbons (Fsp3) is 0.190. The molecule has 15 nitrogen and oxygen atoms in total. The molecular formula is C116H108N10O5. The van der Waals surface area contributed by atoms with E-state index in [1.807, 2.05) is 60.7 Å². The average molecular weight is 1720 g/mol. The molecule has 0 bridgehead atoms. The Morgan fingerprint density at radius 1 is 0.221 bits per heavy atom. The minimum Gasteiger partial charge on any atom is -0.454 e. The fourth-order valence-electron chi connectivity index (χ4n) is 20.9. The van der Waals surface area contributed by atoms with E-state index in [0.29, 0.717) is 12.1 Å². The van der Waals surface area contributed by atoms with Crippen molar-refractivity contribution in [1.29, 1.82) is 0 Å². The molecule has 5 aromatic heterocycles. The molecule has 0 saturated carbocycles. The maximum absolute atomic E-state index is 6.42. The summed E-state index contributed by atoms with van der Waals surface area (Å²) in [4.78, 5) is 23.7. The number of hydrogen-bond donors (Lipinski definition) is 0. The molecule has 131 heavy (non-hydrogen) atoms. The summed E-state index contributed by atoms with van der Waals surface area (Å²) in [5, 5.41) is 11.7. The van der Waals surface area contributed by atoms with E-state index in [2.05, 4.69) is 433 Å². The van der Waals surface area contributed by atoms with Gasteiger partial charge in [0.2, 0.25) is 0 Å². The predicted molar refractivity (Wildman–Crippen MR) is 549 cm³/mol. The summed E-state index contributed by atoms with van der Waals surface area (Å²) < 4.78 is 31.6. The Hall–Kier alpha value is -15.2. The SMILES string of the molecule is Cc1ccc2c(oc3ccccc32)c1N1C=CN(C(C)C)C1C.Cc1ccc2c(oc3ccccc32)c1N1C=CN(c2ccccc2)C1C.Cc1ccc2c(oc3ccccc32)c1N1c2ccccc2N(C(C)C)C1C.Cc1ccc2c(oc3ccccc32)c1N1c2ccccc2N(C)C1C.Cc1ccc2c(oc3ccccc32)c1N1c2ccccc2N(c2ccccc2)C1C. The molecule has 0 N–H and O–H groups in total. The molecule has 5 aliphatic heterocycles. The van der Waals surface area contributed by atoms with Crippen LogP contribution in [0.5, 0.6) is 0 Å². The Kier molecular flexibility index (Phi) is 21.1. The first-order valence-electron chi connectivity index (χ1n) is 45.9. The molecule has 0 fully saturated rings. The van der Waals surface area contributed by atoms with Gasteiger partial charge in [-0.2, -0.15) is 0 Å². The van der Waals surface area contributed by atoms with Gasteiger partial charge in [-0.25, -0.2) is 0 Å². The molecule has 10 heterocycles. The third kappa shape index (κ3) is 13.9. The van der Waals surface area contributed by atoms with Gasteiger partial charge in [-0.3, -0.25) is 0 Å². The monoisotopic (exact) mass is 1720 g/mol. The second-order valence-electron chi connectivity index (χ2n) is 35.8. The molecule has 0 spiro atoms. The topological polar surface area (TPSA) is 98.1 Å². The van der Waals surface area contributed by atoms with Gasteiger partial charge in [0.1, 0.15) is 58.7 Å². The van der Waals surface area contributed by atoms with Crippen LogP contribution in [0.25, 0.3) is 110 Å². The minimum absolute atomic E-state index is 0.113. The van der Waals surface area contributed by atoms with E-state index < -0.39 is 0 Å². The highest BCUT2D eigenvalue weighted by Crippen LogP contribution is 2.55. The quantitative estimate of drug-likeness (QED) is 0.137. The second-order valence-corrected chi connectivity index (χ2v) is 35.8. The van der Waals surface area contributed by atoms with Crippen LogP contribution in [0.4, 0.5) is 73.9 Å². The van der Waals surface area contributed by atoms with E-state index in [-0.39, 0.29) is 30.8 Å². The van der Waals surface area contributed by atoms with Crippen LogP contribution in [0.3, 0.4) is 0 Å². The van der Waals surface area contributed by atoms with Gasteiger partial charge in [0, 0.05) is 109 Å². The second kappa shape index (κ2) is 33.4. The number of benzene rings is 15. The molecule has 5 atom stereocenters. The predicted octanol–water partition coefficient (Wildman–Crippen LogP) is 31.2. The first-order valence-corrected chi connectivity index (χ1v) is 45.9.